The van der Waals surface area contributed by atoms with Crippen LogP contribution in [0.2, 0.25) is 0 Å². The van der Waals surface area contributed by atoms with Crippen LogP contribution in [-0.4, -0.2) is 63.1 Å². The van der Waals surface area contributed by atoms with Crippen molar-refractivity contribution < 1.29 is 9.59 Å². The molecule has 1 aromatic carbocycles. The Kier molecular flexibility index (Phi) is 5.25. The highest BCUT2D eigenvalue weighted by Gasteiger charge is 2.36. The average Bonchev–Trinajstić information content (AvgIpc) is 3.24. The van der Waals surface area contributed by atoms with Gasteiger partial charge in [0.25, 0.3) is 0 Å². The summed E-state index contributed by atoms with van der Waals surface area (Å²) in [5, 5.41) is 6.84. The first-order valence-electron chi connectivity index (χ1n) is 10.2. The summed E-state index contributed by atoms with van der Waals surface area (Å²) in [6, 6.07) is 7.78. The zero-order valence-corrected chi connectivity index (χ0v) is 16.9. The maximum Gasteiger partial charge on any atom is 0.347 e. The number of nitrogens with zero attached hydrogens (tertiary/aromatic N) is 4. The number of nitrogens with one attached hydrogen (secondary N) is 1. The van der Waals surface area contributed by atoms with Crippen molar-refractivity contribution in [2.24, 2.45) is 11.8 Å². The number of aromatic amines is 1. The number of amides is 2. The van der Waals surface area contributed by atoms with E-state index in [4.69, 9.17) is 0 Å². The van der Waals surface area contributed by atoms with E-state index in [1.54, 1.807) is 16.5 Å². The van der Waals surface area contributed by atoms with Gasteiger partial charge in [0, 0.05) is 39.5 Å². The number of hydrogen-bond acceptors (Lipinski definition) is 4. The van der Waals surface area contributed by atoms with Crippen LogP contribution in [0.15, 0.2) is 29.1 Å². The van der Waals surface area contributed by atoms with E-state index in [9.17, 15) is 14.4 Å². The molecule has 1 unspecified atom stereocenters. The fourth-order valence-electron chi connectivity index (χ4n) is 4.43. The molecule has 2 aliphatic heterocycles. The second-order valence-electron chi connectivity index (χ2n) is 8.21. The fourth-order valence-corrected chi connectivity index (χ4v) is 4.43. The highest BCUT2D eigenvalue weighted by atomic mass is 16.2. The highest BCUT2D eigenvalue weighted by molar-refractivity contribution is 5.89. The summed E-state index contributed by atoms with van der Waals surface area (Å²) in [4.78, 5) is 40.3. The Balaban J connectivity index is 1.40. The van der Waals surface area contributed by atoms with Crippen molar-refractivity contribution in [1.82, 2.24) is 24.6 Å². The molecule has 2 amide bonds. The third kappa shape index (κ3) is 3.83. The number of para-hydroxylation sites is 1. The van der Waals surface area contributed by atoms with E-state index in [2.05, 4.69) is 10.2 Å². The number of benzene rings is 1. The zero-order chi connectivity index (χ0) is 20.5. The molecule has 3 heterocycles. The molecule has 29 heavy (non-hydrogen) atoms. The molecule has 2 fully saturated rings. The molecule has 8 nitrogen and oxygen atoms in total. The molecule has 2 saturated heterocycles. The Bertz CT molecular complexity index is 971. The minimum absolute atomic E-state index is 0.0472. The van der Waals surface area contributed by atoms with E-state index in [0.717, 1.165) is 29.9 Å². The predicted octanol–water partition coefficient (Wildman–Crippen LogP) is 1.13. The highest BCUT2D eigenvalue weighted by Crippen LogP contribution is 2.25. The molecule has 4 rings (SSSR count). The number of piperidine rings is 1. The van der Waals surface area contributed by atoms with Crippen molar-refractivity contribution in [1.29, 1.82) is 0 Å². The van der Waals surface area contributed by atoms with Crippen molar-refractivity contribution >= 4 is 11.8 Å². The van der Waals surface area contributed by atoms with Crippen LogP contribution >= 0.6 is 0 Å². The summed E-state index contributed by atoms with van der Waals surface area (Å²) < 4.78 is 1.66. The maximum atomic E-state index is 12.7. The fraction of sp³-hybridized carbons (Fsp3) is 0.524. The van der Waals surface area contributed by atoms with Crippen molar-refractivity contribution in [3.8, 4) is 5.69 Å². The first-order chi connectivity index (χ1) is 13.9. The normalized spacial score (nSPS) is 20.5. The lowest BCUT2D eigenvalue weighted by Gasteiger charge is -2.33. The van der Waals surface area contributed by atoms with Crippen LogP contribution in [0.4, 0.5) is 0 Å². The van der Waals surface area contributed by atoms with Gasteiger partial charge in [0.2, 0.25) is 11.8 Å². The zero-order valence-electron chi connectivity index (χ0n) is 16.9. The Morgan fingerprint density at radius 2 is 1.93 bits per heavy atom. The molecule has 154 valence electrons. The Hall–Kier alpha value is -2.90. The van der Waals surface area contributed by atoms with Crippen molar-refractivity contribution in [2.75, 3.05) is 26.7 Å². The number of aromatic nitrogens is 3. The molecule has 0 bridgehead atoms. The summed E-state index contributed by atoms with van der Waals surface area (Å²) >= 11 is 0. The van der Waals surface area contributed by atoms with E-state index < -0.39 is 0 Å². The Morgan fingerprint density at radius 3 is 2.59 bits per heavy atom. The number of rotatable bonds is 4. The van der Waals surface area contributed by atoms with Crippen LogP contribution < -0.4 is 5.69 Å². The molecule has 1 N–H and O–H groups in total. The monoisotopic (exact) mass is 397 g/mol. The standard InChI is InChI=1S/C21H27N5O3/c1-14-5-3-4-6-17(14)26-18(22-23-21(26)29)11-15-7-9-25(10-8-15)20(28)16-12-19(27)24(2)13-16/h3-6,15-16H,7-13H2,1-2H3,(H,23,29). The maximum absolute atomic E-state index is 12.7. The number of carbonyl (C=O) groups excluding carboxylic acids is 2. The quantitative estimate of drug-likeness (QED) is 0.837. The topological polar surface area (TPSA) is 91.3 Å². The number of aryl methyl sites for hydroxylation is 1. The van der Waals surface area contributed by atoms with Crippen LogP contribution in [0, 0.1) is 18.8 Å². The largest absolute Gasteiger partial charge is 0.347 e. The average molecular weight is 397 g/mol. The smallest absolute Gasteiger partial charge is 0.345 e. The third-order valence-corrected chi connectivity index (χ3v) is 6.19. The first kappa shape index (κ1) is 19.4. The van der Waals surface area contributed by atoms with Gasteiger partial charge in [-0.05, 0) is 37.3 Å². The van der Waals surface area contributed by atoms with Gasteiger partial charge in [-0.1, -0.05) is 18.2 Å². The number of carbonyl (C=O) groups is 2. The van der Waals surface area contributed by atoms with Crippen LogP contribution in [0.25, 0.3) is 5.69 Å². The van der Waals surface area contributed by atoms with Crippen LogP contribution in [0.3, 0.4) is 0 Å². The van der Waals surface area contributed by atoms with Gasteiger partial charge >= 0.3 is 5.69 Å². The number of hydrogen-bond donors (Lipinski definition) is 1. The van der Waals surface area contributed by atoms with Gasteiger partial charge in [-0.15, -0.1) is 0 Å². The van der Waals surface area contributed by atoms with E-state index in [1.165, 1.54) is 0 Å². The lowest BCUT2D eigenvalue weighted by atomic mass is 9.92. The van der Waals surface area contributed by atoms with Gasteiger partial charge in [0.15, 0.2) is 0 Å². The van der Waals surface area contributed by atoms with Crippen LogP contribution in [0.5, 0.6) is 0 Å². The van der Waals surface area contributed by atoms with E-state index in [-0.39, 0.29) is 23.4 Å². The Labute approximate surface area is 169 Å². The molecule has 0 radical (unpaired) electrons. The van der Waals surface area contributed by atoms with Gasteiger partial charge in [-0.3, -0.25) is 9.59 Å². The molecule has 1 aromatic heterocycles. The second-order valence-corrected chi connectivity index (χ2v) is 8.21. The molecule has 2 aromatic rings. The molecule has 1 atom stereocenters. The van der Waals surface area contributed by atoms with Gasteiger partial charge in [-0.2, -0.15) is 5.10 Å². The Morgan fingerprint density at radius 1 is 1.21 bits per heavy atom. The van der Waals surface area contributed by atoms with Gasteiger partial charge < -0.3 is 9.80 Å². The van der Waals surface area contributed by atoms with Gasteiger partial charge in [0.1, 0.15) is 5.82 Å². The van der Waals surface area contributed by atoms with E-state index >= 15 is 0 Å². The van der Waals surface area contributed by atoms with E-state index in [1.807, 2.05) is 36.1 Å². The summed E-state index contributed by atoms with van der Waals surface area (Å²) in [6.45, 7) is 3.88. The van der Waals surface area contributed by atoms with Crippen LogP contribution in [-0.2, 0) is 16.0 Å². The lowest BCUT2D eigenvalue weighted by molar-refractivity contribution is -0.137. The minimum atomic E-state index is -0.225. The number of likely N-dealkylation sites (tertiary alicyclic amines) is 2. The molecule has 2 aliphatic rings. The summed E-state index contributed by atoms with van der Waals surface area (Å²) in [5.74, 6) is 1.03. The molecular formula is C21H27N5O3. The first-order valence-corrected chi connectivity index (χ1v) is 10.2. The summed E-state index contributed by atoms with van der Waals surface area (Å²) in [6.07, 6.45) is 2.76. The van der Waals surface area contributed by atoms with Crippen LogP contribution in [0.1, 0.15) is 30.7 Å². The summed E-state index contributed by atoms with van der Waals surface area (Å²) in [5.41, 5.74) is 1.65. The minimum Gasteiger partial charge on any atom is -0.345 e. The van der Waals surface area contributed by atoms with Crippen molar-refractivity contribution in [3.63, 3.8) is 0 Å². The molecule has 0 saturated carbocycles. The van der Waals surface area contributed by atoms with Crippen molar-refractivity contribution in [2.45, 2.75) is 32.6 Å². The molecule has 8 heteroatoms. The summed E-state index contributed by atoms with van der Waals surface area (Å²) in [7, 11) is 1.75. The molecule has 0 spiro atoms. The lowest BCUT2D eigenvalue weighted by Crippen LogP contribution is -2.42. The van der Waals surface area contributed by atoms with Gasteiger partial charge in [-0.25, -0.2) is 14.5 Å². The van der Waals surface area contributed by atoms with Gasteiger partial charge in [0.05, 0.1) is 11.6 Å². The predicted molar refractivity (Wildman–Crippen MR) is 108 cm³/mol. The number of H-pyrrole nitrogens is 1. The molecule has 0 aliphatic carbocycles. The second kappa shape index (κ2) is 7.85. The van der Waals surface area contributed by atoms with Crippen molar-refractivity contribution in [3.05, 3.63) is 46.1 Å². The van der Waals surface area contributed by atoms with E-state index in [0.29, 0.717) is 38.4 Å². The third-order valence-electron chi connectivity index (χ3n) is 6.19. The molecular weight excluding hydrogens is 370 g/mol. The SMILES string of the molecule is Cc1ccccc1-n1c(CC2CCN(C(=O)C3CC(=O)N(C)C3)CC2)n[nH]c1=O.